The fraction of sp³-hybridized carbons (Fsp3) is 0.188. The number of aromatic nitrogens is 1. The fourth-order valence-corrected chi connectivity index (χ4v) is 2.60. The number of nitrogens with two attached hydrogens (primary N) is 1. The minimum Gasteiger partial charge on any atom is -1.00 e. The van der Waals surface area contributed by atoms with Crippen LogP contribution in [0.25, 0.3) is 0 Å². The first-order valence-electron chi connectivity index (χ1n) is 6.82. The van der Waals surface area contributed by atoms with Crippen molar-refractivity contribution >= 4 is 17.5 Å². The number of carbonyl (C=O) groups is 2. The van der Waals surface area contributed by atoms with Gasteiger partial charge in [-0.3, -0.25) is 9.59 Å². The van der Waals surface area contributed by atoms with E-state index < -0.39 is 5.91 Å². The lowest BCUT2D eigenvalue weighted by Crippen LogP contribution is -3.00. The molecular formula is C16H16ClN3O2. The Hall–Kier alpha value is -2.40. The molecule has 0 fully saturated rings. The van der Waals surface area contributed by atoms with E-state index in [2.05, 4.69) is 0 Å². The predicted octanol–water partition coefficient (Wildman–Crippen LogP) is -2.33. The second kappa shape index (κ2) is 6.58. The third-order valence-corrected chi connectivity index (χ3v) is 3.65. The molecule has 0 spiro atoms. The largest absolute Gasteiger partial charge is 1.00 e. The Kier molecular flexibility index (Phi) is 4.78. The zero-order chi connectivity index (χ0) is 14.8. The number of fused-ring (bicyclic) bond motifs is 1. The van der Waals surface area contributed by atoms with Crippen molar-refractivity contribution in [1.29, 1.82) is 0 Å². The minimum atomic E-state index is -0.497. The number of rotatable bonds is 3. The van der Waals surface area contributed by atoms with E-state index in [1.807, 2.05) is 24.3 Å². The fourth-order valence-electron chi connectivity index (χ4n) is 2.60. The van der Waals surface area contributed by atoms with Crippen LogP contribution in [-0.4, -0.2) is 18.4 Å². The van der Waals surface area contributed by atoms with E-state index in [9.17, 15) is 9.59 Å². The lowest BCUT2D eigenvalue weighted by Gasteiger charge is -2.15. The van der Waals surface area contributed by atoms with Crippen LogP contribution in [-0.2, 0) is 17.8 Å². The molecular weight excluding hydrogens is 302 g/mol. The molecule has 2 amide bonds. The van der Waals surface area contributed by atoms with Crippen molar-refractivity contribution < 1.29 is 26.6 Å². The van der Waals surface area contributed by atoms with Crippen molar-refractivity contribution in [2.24, 2.45) is 5.73 Å². The van der Waals surface area contributed by atoms with Crippen LogP contribution < -0.4 is 27.6 Å². The number of carbonyl (C=O) groups excluding carboxylic acids is 2. The number of pyridine rings is 1. The van der Waals surface area contributed by atoms with Gasteiger partial charge in [0, 0.05) is 18.3 Å². The third kappa shape index (κ3) is 3.09. The van der Waals surface area contributed by atoms with Crippen LogP contribution in [0, 0.1) is 0 Å². The number of anilines is 1. The highest BCUT2D eigenvalue weighted by Gasteiger charge is 2.26. The van der Waals surface area contributed by atoms with Gasteiger partial charge in [-0.1, -0.05) is 18.2 Å². The minimum absolute atomic E-state index is 0. The summed E-state index contributed by atoms with van der Waals surface area (Å²) in [7, 11) is 0. The van der Waals surface area contributed by atoms with E-state index in [0.717, 1.165) is 12.1 Å². The molecule has 2 N–H and O–H groups in total. The van der Waals surface area contributed by atoms with Crippen molar-refractivity contribution in [3.63, 3.8) is 0 Å². The third-order valence-electron chi connectivity index (χ3n) is 3.65. The normalized spacial score (nSPS) is 12.5. The summed E-state index contributed by atoms with van der Waals surface area (Å²) in [6.45, 7) is 0.893. The maximum atomic E-state index is 12.4. The van der Waals surface area contributed by atoms with Gasteiger partial charge in [-0.05, 0) is 24.1 Å². The van der Waals surface area contributed by atoms with E-state index in [4.69, 9.17) is 5.73 Å². The highest BCUT2D eigenvalue weighted by Crippen LogP contribution is 2.27. The van der Waals surface area contributed by atoms with Gasteiger partial charge in [-0.25, -0.2) is 0 Å². The lowest BCUT2D eigenvalue weighted by atomic mass is 10.2. The Bertz CT molecular complexity index is 718. The van der Waals surface area contributed by atoms with E-state index in [1.54, 1.807) is 34.0 Å². The van der Waals surface area contributed by atoms with Gasteiger partial charge < -0.3 is 23.0 Å². The molecule has 2 heterocycles. The first kappa shape index (κ1) is 16.0. The standard InChI is InChI=1S/C16H15N3O2.ClH/c17-16(21)13-5-3-8-18(10-13)11-15(20)19-9-7-12-4-1-2-6-14(12)19;/h1-6,8,10H,7,9,11H2,(H-,17,21);1H. The van der Waals surface area contributed by atoms with Crippen molar-refractivity contribution in [3.8, 4) is 0 Å². The van der Waals surface area contributed by atoms with Gasteiger partial charge in [0.25, 0.3) is 11.8 Å². The van der Waals surface area contributed by atoms with E-state index in [1.165, 1.54) is 5.56 Å². The molecule has 0 atom stereocenters. The Balaban J connectivity index is 0.00000176. The van der Waals surface area contributed by atoms with Gasteiger partial charge in [-0.15, -0.1) is 0 Å². The zero-order valence-corrected chi connectivity index (χ0v) is 12.7. The van der Waals surface area contributed by atoms with Gasteiger partial charge in [0.05, 0.1) is 0 Å². The van der Waals surface area contributed by atoms with Crippen LogP contribution in [0.4, 0.5) is 5.69 Å². The molecule has 1 aliphatic rings. The molecule has 3 rings (SSSR count). The highest BCUT2D eigenvalue weighted by atomic mass is 35.5. The topological polar surface area (TPSA) is 67.3 Å². The summed E-state index contributed by atoms with van der Waals surface area (Å²) in [4.78, 5) is 25.4. The molecule has 0 radical (unpaired) electrons. The number of primary amides is 1. The van der Waals surface area contributed by atoms with Crippen LogP contribution in [0.1, 0.15) is 15.9 Å². The average Bonchev–Trinajstić information content (AvgIpc) is 2.91. The Morgan fingerprint density at radius 2 is 1.95 bits per heavy atom. The molecule has 1 aromatic carbocycles. The SMILES string of the molecule is NC(=O)c1ccc[n+](CC(=O)N2CCc3ccccc32)c1.[Cl-]. The summed E-state index contributed by atoms with van der Waals surface area (Å²) in [6, 6.07) is 11.3. The summed E-state index contributed by atoms with van der Waals surface area (Å²) < 4.78 is 1.68. The summed E-state index contributed by atoms with van der Waals surface area (Å²) in [5.41, 5.74) is 7.82. The second-order valence-electron chi connectivity index (χ2n) is 5.05. The zero-order valence-electron chi connectivity index (χ0n) is 11.9. The molecule has 1 aromatic heterocycles. The van der Waals surface area contributed by atoms with Gasteiger partial charge in [0.1, 0.15) is 5.56 Å². The van der Waals surface area contributed by atoms with Crippen LogP contribution >= 0.6 is 0 Å². The first-order chi connectivity index (χ1) is 10.1. The molecule has 0 bridgehead atoms. The van der Waals surface area contributed by atoms with Crippen LogP contribution in [0.15, 0.2) is 48.8 Å². The monoisotopic (exact) mass is 317 g/mol. The van der Waals surface area contributed by atoms with Crippen molar-refractivity contribution in [2.45, 2.75) is 13.0 Å². The molecule has 0 aliphatic carbocycles. The number of hydrogen-bond acceptors (Lipinski definition) is 2. The number of halogens is 1. The van der Waals surface area contributed by atoms with Gasteiger partial charge in [-0.2, -0.15) is 4.57 Å². The molecule has 0 saturated heterocycles. The average molecular weight is 318 g/mol. The second-order valence-corrected chi connectivity index (χ2v) is 5.05. The van der Waals surface area contributed by atoms with Crippen LogP contribution in [0.5, 0.6) is 0 Å². The van der Waals surface area contributed by atoms with Gasteiger partial charge in [0.15, 0.2) is 12.4 Å². The Labute approximate surface area is 134 Å². The number of hydrogen-bond donors (Lipinski definition) is 1. The molecule has 2 aromatic rings. The molecule has 0 unspecified atom stereocenters. The van der Waals surface area contributed by atoms with E-state index >= 15 is 0 Å². The summed E-state index contributed by atoms with van der Waals surface area (Å²) in [5, 5.41) is 0. The Morgan fingerprint density at radius 3 is 2.73 bits per heavy atom. The summed E-state index contributed by atoms with van der Waals surface area (Å²) in [6.07, 6.45) is 4.24. The number of amides is 2. The molecule has 6 heteroatoms. The number of benzene rings is 1. The van der Waals surface area contributed by atoms with Crippen LogP contribution in [0.2, 0.25) is 0 Å². The number of para-hydroxylation sites is 1. The maximum absolute atomic E-state index is 12.4. The first-order valence-corrected chi connectivity index (χ1v) is 6.82. The lowest BCUT2D eigenvalue weighted by molar-refractivity contribution is -0.684. The molecule has 0 saturated carbocycles. The van der Waals surface area contributed by atoms with Crippen molar-refractivity contribution in [1.82, 2.24) is 0 Å². The molecule has 1 aliphatic heterocycles. The van der Waals surface area contributed by atoms with Crippen molar-refractivity contribution in [2.75, 3.05) is 11.4 Å². The molecule has 5 nitrogen and oxygen atoms in total. The predicted molar refractivity (Wildman–Crippen MR) is 77.7 cm³/mol. The number of nitrogens with zero attached hydrogens (tertiary/aromatic N) is 2. The smallest absolute Gasteiger partial charge is 0.292 e. The van der Waals surface area contributed by atoms with Gasteiger partial charge >= 0.3 is 0 Å². The highest BCUT2D eigenvalue weighted by molar-refractivity contribution is 5.94. The van der Waals surface area contributed by atoms with Gasteiger partial charge in [0.2, 0.25) is 6.54 Å². The summed E-state index contributed by atoms with van der Waals surface area (Å²) in [5.74, 6) is -0.491. The van der Waals surface area contributed by atoms with Crippen molar-refractivity contribution in [3.05, 3.63) is 59.9 Å². The maximum Gasteiger partial charge on any atom is 0.292 e. The summed E-state index contributed by atoms with van der Waals surface area (Å²) >= 11 is 0. The molecule has 22 heavy (non-hydrogen) atoms. The quantitative estimate of drug-likeness (QED) is 0.645. The Morgan fingerprint density at radius 1 is 1.18 bits per heavy atom. The van der Waals surface area contributed by atoms with E-state index in [-0.39, 0.29) is 24.9 Å². The van der Waals surface area contributed by atoms with E-state index in [0.29, 0.717) is 12.1 Å². The molecule has 114 valence electrons. The van der Waals surface area contributed by atoms with Crippen LogP contribution in [0.3, 0.4) is 0 Å².